The number of alkyl halides is 3. The minimum Gasteiger partial charge on any atom is -0.506 e. The lowest BCUT2D eigenvalue weighted by molar-refractivity contribution is -0.142. The van der Waals surface area contributed by atoms with E-state index in [1.54, 1.807) is 12.1 Å². The minimum atomic E-state index is -4.80. The van der Waals surface area contributed by atoms with Crippen molar-refractivity contribution < 1.29 is 28.2 Å². The molecule has 1 saturated heterocycles. The molecule has 1 aromatic carbocycles. The van der Waals surface area contributed by atoms with E-state index in [1.165, 1.54) is 17.9 Å². The molecule has 0 saturated carbocycles. The smallest absolute Gasteiger partial charge is 0.436 e. The SMILES string of the molecule is CC(O)c1c(Cl)c(C(F)(F)F)nn1CC(=O)N1CCN(c2ccc(Cl)c(O)c2)CC1. The molecule has 164 valence electrons. The number of rotatable bonds is 4. The average Bonchev–Trinajstić information content (AvgIpc) is 3.00. The van der Waals surface area contributed by atoms with Crippen molar-refractivity contribution >= 4 is 34.8 Å². The van der Waals surface area contributed by atoms with Gasteiger partial charge in [0.1, 0.15) is 12.3 Å². The van der Waals surface area contributed by atoms with Crippen LogP contribution in [-0.2, 0) is 17.5 Å². The molecule has 1 aliphatic rings. The first-order valence-corrected chi connectivity index (χ1v) is 9.77. The van der Waals surface area contributed by atoms with E-state index in [9.17, 15) is 28.2 Å². The van der Waals surface area contributed by atoms with Gasteiger partial charge < -0.3 is 20.0 Å². The molecule has 0 radical (unpaired) electrons. The summed E-state index contributed by atoms with van der Waals surface area (Å²) in [5.74, 6) is -0.488. The number of amides is 1. The van der Waals surface area contributed by atoms with Crippen molar-refractivity contribution in [3.63, 3.8) is 0 Å². The van der Waals surface area contributed by atoms with Crippen LogP contribution in [0.4, 0.5) is 18.9 Å². The number of phenolic OH excluding ortho intramolecular Hbond substituents is 1. The van der Waals surface area contributed by atoms with E-state index < -0.39 is 35.4 Å². The molecule has 12 heteroatoms. The highest BCUT2D eigenvalue weighted by Gasteiger charge is 2.40. The Hall–Kier alpha value is -2.17. The highest BCUT2D eigenvalue weighted by molar-refractivity contribution is 6.32. The van der Waals surface area contributed by atoms with Crippen molar-refractivity contribution in [2.45, 2.75) is 25.7 Å². The van der Waals surface area contributed by atoms with Crippen molar-refractivity contribution in [3.05, 3.63) is 39.6 Å². The summed E-state index contributed by atoms with van der Waals surface area (Å²) in [5.41, 5.74) is -0.845. The van der Waals surface area contributed by atoms with Crippen molar-refractivity contribution in [1.82, 2.24) is 14.7 Å². The first-order chi connectivity index (χ1) is 14.0. The number of carbonyl (C=O) groups is 1. The number of aliphatic hydroxyl groups excluding tert-OH is 1. The van der Waals surface area contributed by atoms with Crippen LogP contribution in [0.25, 0.3) is 0 Å². The van der Waals surface area contributed by atoms with E-state index >= 15 is 0 Å². The van der Waals surface area contributed by atoms with Crippen molar-refractivity contribution in [1.29, 1.82) is 0 Å². The van der Waals surface area contributed by atoms with Gasteiger partial charge in [-0.3, -0.25) is 9.48 Å². The Balaban J connectivity index is 1.70. The number of anilines is 1. The van der Waals surface area contributed by atoms with Crippen LogP contribution in [0.2, 0.25) is 10.0 Å². The minimum absolute atomic E-state index is 0.0469. The zero-order valence-corrected chi connectivity index (χ0v) is 17.3. The van der Waals surface area contributed by atoms with Crippen LogP contribution < -0.4 is 4.90 Å². The number of nitrogens with zero attached hydrogens (tertiary/aromatic N) is 4. The number of carbonyl (C=O) groups excluding carboxylic acids is 1. The molecular weight excluding hydrogens is 448 g/mol. The van der Waals surface area contributed by atoms with Gasteiger partial charge in [-0.25, -0.2) is 0 Å². The first-order valence-electron chi connectivity index (χ1n) is 9.01. The number of benzene rings is 1. The van der Waals surface area contributed by atoms with Gasteiger partial charge >= 0.3 is 6.18 Å². The number of hydrogen-bond acceptors (Lipinski definition) is 5. The highest BCUT2D eigenvalue weighted by Crippen LogP contribution is 2.37. The van der Waals surface area contributed by atoms with E-state index in [1.807, 2.05) is 4.90 Å². The summed E-state index contributed by atoms with van der Waals surface area (Å²) in [7, 11) is 0. The van der Waals surface area contributed by atoms with Crippen LogP contribution in [0, 0.1) is 0 Å². The Labute approximate surface area is 180 Å². The van der Waals surface area contributed by atoms with Crippen molar-refractivity contribution in [2.24, 2.45) is 0 Å². The molecule has 0 bridgehead atoms. The second-order valence-electron chi connectivity index (χ2n) is 6.88. The monoisotopic (exact) mass is 466 g/mol. The highest BCUT2D eigenvalue weighted by atomic mass is 35.5. The molecule has 1 unspecified atom stereocenters. The third-order valence-electron chi connectivity index (χ3n) is 4.81. The second-order valence-corrected chi connectivity index (χ2v) is 7.67. The Morgan fingerprint density at radius 1 is 1.23 bits per heavy atom. The molecular formula is C18H19Cl2F3N4O3. The molecule has 2 N–H and O–H groups in total. The summed E-state index contributed by atoms with van der Waals surface area (Å²) in [6.45, 7) is 2.36. The number of aliphatic hydroxyl groups is 1. The lowest BCUT2D eigenvalue weighted by Crippen LogP contribution is -2.49. The molecule has 1 aromatic heterocycles. The molecule has 0 aliphatic carbocycles. The number of aromatic hydroxyl groups is 1. The Morgan fingerprint density at radius 3 is 2.40 bits per heavy atom. The molecule has 0 spiro atoms. The van der Waals surface area contributed by atoms with Crippen molar-refractivity contribution in [3.8, 4) is 5.75 Å². The summed E-state index contributed by atoms with van der Waals surface area (Å²) >= 11 is 11.6. The van der Waals surface area contributed by atoms with Gasteiger partial charge in [0.25, 0.3) is 0 Å². The second kappa shape index (κ2) is 8.52. The molecule has 1 amide bonds. The maximum absolute atomic E-state index is 13.1. The summed E-state index contributed by atoms with van der Waals surface area (Å²) in [4.78, 5) is 16.1. The normalized spacial score (nSPS) is 16.1. The largest absolute Gasteiger partial charge is 0.506 e. The van der Waals surface area contributed by atoms with Crippen LogP contribution in [0.3, 0.4) is 0 Å². The van der Waals surface area contributed by atoms with Gasteiger partial charge in [0.15, 0.2) is 5.69 Å². The fourth-order valence-electron chi connectivity index (χ4n) is 3.29. The third-order valence-corrected chi connectivity index (χ3v) is 5.50. The lowest BCUT2D eigenvalue weighted by atomic mass is 10.2. The Kier molecular flexibility index (Phi) is 6.40. The predicted molar refractivity (Wildman–Crippen MR) is 105 cm³/mol. The molecule has 30 heavy (non-hydrogen) atoms. The summed E-state index contributed by atoms with van der Waals surface area (Å²) in [5, 5.41) is 22.5. The molecule has 2 heterocycles. The number of piperazine rings is 1. The van der Waals surface area contributed by atoms with Gasteiger partial charge in [0.2, 0.25) is 5.91 Å². The zero-order chi connectivity index (χ0) is 22.2. The third kappa shape index (κ3) is 4.60. The first kappa shape index (κ1) is 22.5. The van der Waals surface area contributed by atoms with E-state index in [0.29, 0.717) is 26.2 Å². The average molecular weight is 467 g/mol. The molecule has 1 atom stereocenters. The van der Waals surface area contributed by atoms with Crippen LogP contribution in [-0.4, -0.2) is 57.0 Å². The van der Waals surface area contributed by atoms with Gasteiger partial charge in [-0.1, -0.05) is 23.2 Å². The summed E-state index contributed by atoms with van der Waals surface area (Å²) < 4.78 is 40.1. The summed E-state index contributed by atoms with van der Waals surface area (Å²) in [6.07, 6.45) is -6.13. The fraction of sp³-hybridized carbons (Fsp3) is 0.444. The Morgan fingerprint density at radius 2 is 1.87 bits per heavy atom. The van der Waals surface area contributed by atoms with Crippen molar-refractivity contribution in [2.75, 3.05) is 31.1 Å². The van der Waals surface area contributed by atoms with Crippen LogP contribution >= 0.6 is 23.2 Å². The molecule has 7 nitrogen and oxygen atoms in total. The van der Waals surface area contributed by atoms with Gasteiger partial charge in [-0.15, -0.1) is 0 Å². The van der Waals surface area contributed by atoms with Crippen LogP contribution in [0.5, 0.6) is 5.75 Å². The maximum atomic E-state index is 13.1. The van der Waals surface area contributed by atoms with Crippen LogP contribution in [0.1, 0.15) is 24.4 Å². The molecule has 2 aromatic rings. The maximum Gasteiger partial charge on any atom is 0.436 e. The predicted octanol–water partition coefficient (Wildman–Crippen LogP) is 3.32. The topological polar surface area (TPSA) is 81.8 Å². The van der Waals surface area contributed by atoms with Crippen LogP contribution in [0.15, 0.2) is 18.2 Å². The lowest BCUT2D eigenvalue weighted by Gasteiger charge is -2.36. The summed E-state index contributed by atoms with van der Waals surface area (Å²) in [6, 6.07) is 4.85. The van der Waals surface area contributed by atoms with Gasteiger partial charge in [0.05, 0.1) is 21.8 Å². The van der Waals surface area contributed by atoms with E-state index in [0.717, 1.165) is 10.4 Å². The quantitative estimate of drug-likeness (QED) is 0.722. The fourth-order valence-corrected chi connectivity index (χ4v) is 3.81. The molecule has 1 fully saturated rings. The Bertz CT molecular complexity index is 941. The standard InChI is InChI=1S/C18H19Cl2F3N4O3/c1-10(28)16-15(20)17(18(21,22)23)24-27(16)9-14(30)26-6-4-25(5-7-26)11-2-3-12(19)13(29)8-11/h2-3,8,10,28-29H,4-7,9H2,1H3. The number of hydrogen-bond donors (Lipinski definition) is 2. The van der Waals surface area contributed by atoms with E-state index in [2.05, 4.69) is 5.10 Å². The molecule has 3 rings (SSSR count). The number of halogens is 5. The van der Waals surface area contributed by atoms with E-state index in [-0.39, 0.29) is 16.5 Å². The van der Waals surface area contributed by atoms with Gasteiger partial charge in [-0.05, 0) is 19.1 Å². The molecule has 1 aliphatic heterocycles. The number of phenols is 1. The van der Waals surface area contributed by atoms with Gasteiger partial charge in [-0.2, -0.15) is 18.3 Å². The van der Waals surface area contributed by atoms with E-state index in [4.69, 9.17) is 23.2 Å². The zero-order valence-electron chi connectivity index (χ0n) is 15.8. The van der Waals surface area contributed by atoms with Gasteiger partial charge in [0, 0.05) is 37.9 Å². The number of aromatic nitrogens is 2.